The number of aliphatic hydroxyl groups is 1. The predicted octanol–water partition coefficient (Wildman–Crippen LogP) is 0.203. The lowest BCUT2D eigenvalue weighted by molar-refractivity contribution is -0.696. The minimum absolute atomic E-state index is 0.153. The summed E-state index contributed by atoms with van der Waals surface area (Å²) in [6, 6.07) is 1.96. The Morgan fingerprint density at radius 1 is 1.43 bits per heavy atom. The smallest absolute Gasteiger partial charge is 0.243 e. The fourth-order valence-electron chi connectivity index (χ4n) is 2.52. The van der Waals surface area contributed by atoms with Crippen molar-refractivity contribution in [3.63, 3.8) is 0 Å². The summed E-state index contributed by atoms with van der Waals surface area (Å²) < 4.78 is 5.81. The summed E-state index contributed by atoms with van der Waals surface area (Å²) in [4.78, 5) is 4.40. The number of fused-ring (bicyclic) bond motifs is 1. The van der Waals surface area contributed by atoms with Gasteiger partial charge < -0.3 is 16.2 Å². The number of nitrogen functional groups attached to an aromatic ring is 1. The molecule has 3 rings (SSSR count). The number of nitrogens with zero attached hydrogens (tertiary/aromatic N) is 5. The molecular formula is C15H22N7O+. The quantitative estimate of drug-likeness (QED) is 0.427. The summed E-state index contributed by atoms with van der Waals surface area (Å²) >= 11 is 0. The van der Waals surface area contributed by atoms with Gasteiger partial charge in [0.05, 0.1) is 25.0 Å². The van der Waals surface area contributed by atoms with Crippen LogP contribution in [0.15, 0.2) is 31.0 Å². The van der Waals surface area contributed by atoms with E-state index in [1.165, 1.54) is 0 Å². The molecule has 0 unspecified atom stereocenters. The van der Waals surface area contributed by atoms with Crippen LogP contribution in [-0.4, -0.2) is 37.4 Å². The molecule has 3 aromatic heterocycles. The van der Waals surface area contributed by atoms with E-state index in [0.29, 0.717) is 17.9 Å². The van der Waals surface area contributed by atoms with E-state index in [4.69, 9.17) is 10.8 Å². The summed E-state index contributed by atoms with van der Waals surface area (Å²) in [6.07, 6.45) is 8.56. The van der Waals surface area contributed by atoms with Crippen LogP contribution >= 0.6 is 0 Å². The molecule has 23 heavy (non-hydrogen) atoms. The zero-order valence-electron chi connectivity index (χ0n) is 13.2. The van der Waals surface area contributed by atoms with Crippen molar-refractivity contribution < 1.29 is 9.67 Å². The van der Waals surface area contributed by atoms with Gasteiger partial charge in [0.1, 0.15) is 24.8 Å². The molecule has 0 saturated heterocycles. The molecular weight excluding hydrogens is 294 g/mol. The fraction of sp³-hybridized carbons (Fsp3) is 0.400. The molecule has 0 aromatic carbocycles. The first-order valence-corrected chi connectivity index (χ1v) is 7.68. The van der Waals surface area contributed by atoms with Gasteiger partial charge in [0, 0.05) is 24.7 Å². The van der Waals surface area contributed by atoms with E-state index in [1.807, 2.05) is 36.3 Å². The monoisotopic (exact) mass is 316 g/mol. The topological polar surface area (TPSA) is 97.3 Å². The van der Waals surface area contributed by atoms with Crippen LogP contribution in [0.5, 0.6) is 0 Å². The third-order valence-electron chi connectivity index (χ3n) is 3.63. The number of nitrogens with two attached hydrogens (primary N) is 1. The van der Waals surface area contributed by atoms with E-state index in [1.54, 1.807) is 10.7 Å². The molecule has 0 bridgehead atoms. The zero-order chi connectivity index (χ0) is 16.2. The van der Waals surface area contributed by atoms with Crippen LogP contribution < -0.4 is 15.6 Å². The second-order valence-electron chi connectivity index (χ2n) is 5.51. The van der Waals surface area contributed by atoms with Crippen molar-refractivity contribution in [2.45, 2.75) is 26.4 Å². The lowest BCUT2D eigenvalue weighted by Crippen LogP contribution is -2.32. The van der Waals surface area contributed by atoms with Gasteiger partial charge in [0.25, 0.3) is 0 Å². The fourth-order valence-corrected chi connectivity index (χ4v) is 2.52. The number of hydrogen-bond donors (Lipinski definition) is 3. The molecule has 0 fully saturated rings. The van der Waals surface area contributed by atoms with Gasteiger partial charge in [-0.15, -0.1) is 0 Å². The molecule has 0 amide bonds. The molecule has 0 spiro atoms. The standard InChI is InChI=1S/C15H22N7O/c1-12-9-14(22-15(19-12)13(16)10-18-22)17-3-2-4-20-5-6-21(11-20)7-8-23/h5-6,9-11,17,23H,2-4,7-8,16H2,1H3/q+1. The molecule has 0 atom stereocenters. The van der Waals surface area contributed by atoms with Gasteiger partial charge in [-0.25, -0.2) is 14.1 Å². The van der Waals surface area contributed by atoms with E-state index in [2.05, 4.69) is 20.0 Å². The summed E-state index contributed by atoms with van der Waals surface area (Å²) in [5.41, 5.74) is 8.04. The number of rotatable bonds is 7. The van der Waals surface area contributed by atoms with Crippen LogP contribution in [0.25, 0.3) is 5.65 Å². The lowest BCUT2D eigenvalue weighted by Gasteiger charge is -2.08. The SMILES string of the molecule is Cc1cc(NCCC[n+]2ccn(CCO)c2)n2ncc(N)c2n1. The van der Waals surface area contributed by atoms with Gasteiger partial charge in [-0.1, -0.05) is 0 Å². The lowest BCUT2D eigenvalue weighted by atomic mass is 10.3. The number of imidazole rings is 1. The van der Waals surface area contributed by atoms with Crippen LogP contribution in [0.3, 0.4) is 0 Å². The second-order valence-corrected chi connectivity index (χ2v) is 5.51. The van der Waals surface area contributed by atoms with Crippen molar-refractivity contribution in [3.05, 3.63) is 36.7 Å². The number of aromatic nitrogens is 5. The Balaban J connectivity index is 1.58. The molecule has 0 radical (unpaired) electrons. The van der Waals surface area contributed by atoms with E-state index >= 15 is 0 Å². The maximum Gasteiger partial charge on any atom is 0.243 e. The molecule has 8 heteroatoms. The van der Waals surface area contributed by atoms with E-state index in [9.17, 15) is 0 Å². The number of nitrogens with one attached hydrogen (secondary N) is 1. The average Bonchev–Trinajstić information content (AvgIpc) is 3.12. The van der Waals surface area contributed by atoms with E-state index < -0.39 is 0 Å². The van der Waals surface area contributed by atoms with Crippen LogP contribution in [0.1, 0.15) is 12.1 Å². The molecule has 4 N–H and O–H groups in total. The third kappa shape index (κ3) is 3.42. The highest BCUT2D eigenvalue weighted by Gasteiger charge is 2.08. The number of aryl methyl sites for hydroxylation is 2. The van der Waals surface area contributed by atoms with Crippen LogP contribution in [0.2, 0.25) is 0 Å². The Bertz CT molecular complexity index is 792. The van der Waals surface area contributed by atoms with Gasteiger partial charge in [-0.2, -0.15) is 9.61 Å². The van der Waals surface area contributed by atoms with E-state index in [-0.39, 0.29) is 6.61 Å². The Hall–Kier alpha value is -2.61. The maximum absolute atomic E-state index is 8.92. The minimum Gasteiger partial charge on any atom is -0.394 e. The average molecular weight is 316 g/mol. The molecule has 122 valence electrons. The zero-order valence-corrected chi connectivity index (χ0v) is 13.2. The molecule has 8 nitrogen and oxygen atoms in total. The highest BCUT2D eigenvalue weighted by molar-refractivity contribution is 5.66. The molecule has 0 aliphatic carbocycles. The van der Waals surface area contributed by atoms with Crippen molar-refractivity contribution >= 4 is 17.2 Å². The molecule has 3 aromatic rings. The largest absolute Gasteiger partial charge is 0.394 e. The highest BCUT2D eigenvalue weighted by atomic mass is 16.3. The first kappa shape index (κ1) is 15.3. The Kier molecular flexibility index (Phi) is 4.42. The second kappa shape index (κ2) is 6.66. The first-order chi connectivity index (χ1) is 11.2. The minimum atomic E-state index is 0.153. The van der Waals surface area contributed by atoms with Gasteiger partial charge in [0.15, 0.2) is 5.65 Å². The van der Waals surface area contributed by atoms with Crippen LogP contribution in [-0.2, 0) is 13.1 Å². The Labute approximate surface area is 134 Å². The summed E-state index contributed by atoms with van der Waals surface area (Å²) in [7, 11) is 0. The first-order valence-electron chi connectivity index (χ1n) is 7.68. The van der Waals surface area contributed by atoms with Gasteiger partial charge in [-0.3, -0.25) is 0 Å². The molecule has 0 aliphatic rings. The molecule has 0 aliphatic heterocycles. The van der Waals surface area contributed by atoms with E-state index in [0.717, 1.165) is 31.0 Å². The van der Waals surface area contributed by atoms with Crippen molar-refractivity contribution in [3.8, 4) is 0 Å². The van der Waals surface area contributed by atoms with Crippen molar-refractivity contribution in [1.29, 1.82) is 0 Å². The van der Waals surface area contributed by atoms with Crippen LogP contribution in [0.4, 0.5) is 11.5 Å². The molecule has 0 saturated carbocycles. The Morgan fingerprint density at radius 2 is 2.30 bits per heavy atom. The Morgan fingerprint density at radius 3 is 3.13 bits per heavy atom. The predicted molar refractivity (Wildman–Crippen MR) is 87.0 cm³/mol. The van der Waals surface area contributed by atoms with Gasteiger partial charge in [0.2, 0.25) is 6.33 Å². The summed E-state index contributed by atoms with van der Waals surface area (Å²) in [5.74, 6) is 0.895. The normalized spacial score (nSPS) is 11.2. The summed E-state index contributed by atoms with van der Waals surface area (Å²) in [6.45, 7) is 4.44. The summed E-state index contributed by atoms with van der Waals surface area (Å²) in [5, 5.41) is 16.6. The van der Waals surface area contributed by atoms with Crippen molar-refractivity contribution in [1.82, 2.24) is 19.2 Å². The van der Waals surface area contributed by atoms with Gasteiger partial charge >= 0.3 is 0 Å². The maximum atomic E-state index is 8.92. The number of anilines is 2. The van der Waals surface area contributed by atoms with Gasteiger partial charge in [-0.05, 0) is 6.92 Å². The van der Waals surface area contributed by atoms with Crippen molar-refractivity contribution in [2.24, 2.45) is 0 Å². The third-order valence-corrected chi connectivity index (χ3v) is 3.63. The molecule has 3 heterocycles. The number of hydrogen-bond acceptors (Lipinski definition) is 5. The van der Waals surface area contributed by atoms with Crippen LogP contribution in [0, 0.1) is 6.92 Å². The number of aliphatic hydroxyl groups excluding tert-OH is 1. The highest BCUT2D eigenvalue weighted by Crippen LogP contribution is 2.16. The van der Waals surface area contributed by atoms with Crippen molar-refractivity contribution in [2.75, 3.05) is 24.2 Å².